The maximum absolute atomic E-state index is 14.5. The van der Waals surface area contributed by atoms with Gasteiger partial charge in [-0.2, -0.15) is 0 Å². The maximum atomic E-state index is 14.5. The van der Waals surface area contributed by atoms with Crippen LogP contribution in [0.15, 0.2) is 72.0 Å². The number of anilines is 1. The second-order valence-corrected chi connectivity index (χ2v) is 11.6. The Hall–Kier alpha value is -4.16. The summed E-state index contributed by atoms with van der Waals surface area (Å²) in [5, 5.41) is 9.76. The van der Waals surface area contributed by atoms with Gasteiger partial charge in [-0.3, -0.25) is 14.2 Å². The Morgan fingerprint density at radius 3 is 2.65 bits per heavy atom. The Morgan fingerprint density at radius 2 is 1.90 bits per heavy atom. The van der Waals surface area contributed by atoms with Crippen molar-refractivity contribution in [3.63, 3.8) is 0 Å². The van der Waals surface area contributed by atoms with E-state index < -0.39 is 27.6 Å². The fourth-order valence-electron chi connectivity index (χ4n) is 5.33. The molecule has 2 aliphatic rings. The van der Waals surface area contributed by atoms with Gasteiger partial charge in [-0.05, 0) is 68.1 Å². The number of imidazole rings is 1. The van der Waals surface area contributed by atoms with E-state index in [-0.39, 0.29) is 28.2 Å². The van der Waals surface area contributed by atoms with Gasteiger partial charge in [-0.15, -0.1) is 0 Å². The van der Waals surface area contributed by atoms with Crippen molar-refractivity contribution in [1.82, 2.24) is 19.1 Å². The SMILES string of the molecule is O=C(NS(=O)(=O)c1ccc(C2CC[C@H](O)C2)nc1)c1cnc2ccc(N3CCC=C3c3cc(F)ccc3F)cn12. The first kappa shape index (κ1) is 26.1. The van der Waals surface area contributed by atoms with Crippen LogP contribution in [0.5, 0.6) is 0 Å². The van der Waals surface area contributed by atoms with E-state index in [1.807, 2.05) is 6.08 Å². The van der Waals surface area contributed by atoms with E-state index in [2.05, 4.69) is 14.7 Å². The Bertz CT molecular complexity index is 1750. The number of halogens is 2. The molecular formula is C28H25F2N5O4S. The van der Waals surface area contributed by atoms with Crippen LogP contribution in [-0.4, -0.2) is 46.4 Å². The molecule has 1 unspecified atom stereocenters. The molecule has 0 saturated heterocycles. The van der Waals surface area contributed by atoms with Gasteiger partial charge in [0.2, 0.25) is 0 Å². The number of carbonyl (C=O) groups excluding carboxylic acids is 1. The Balaban J connectivity index is 1.24. The Morgan fingerprint density at radius 1 is 1.05 bits per heavy atom. The lowest BCUT2D eigenvalue weighted by Gasteiger charge is -2.23. The molecule has 2 N–H and O–H groups in total. The van der Waals surface area contributed by atoms with Crippen LogP contribution >= 0.6 is 0 Å². The topological polar surface area (TPSA) is 117 Å². The molecule has 0 bridgehead atoms. The number of hydrogen-bond acceptors (Lipinski definition) is 7. The number of nitrogens with zero attached hydrogens (tertiary/aromatic N) is 4. The number of benzene rings is 1. The van der Waals surface area contributed by atoms with Gasteiger partial charge in [-0.25, -0.2) is 26.9 Å². The number of hydrogen-bond donors (Lipinski definition) is 2. The molecule has 12 heteroatoms. The van der Waals surface area contributed by atoms with Crippen molar-refractivity contribution in [2.45, 2.75) is 42.6 Å². The minimum atomic E-state index is -4.23. The standard InChI is InChI=1S/C28H25F2N5O4S/c29-18-4-8-23(30)22(13-18)25-2-1-11-34(25)19-5-10-27-32-15-26(35(27)16-19)28(37)33-40(38,39)21-7-9-24(31-14-21)17-3-6-20(36)12-17/h2,4-5,7-10,13-17,20,36H,1,3,6,11-12H2,(H,33,37)/t17?,20-/m0/s1. The highest BCUT2D eigenvalue weighted by Gasteiger charge is 2.27. The normalized spacial score (nSPS) is 19.3. The van der Waals surface area contributed by atoms with Crippen LogP contribution in [0.2, 0.25) is 0 Å². The van der Waals surface area contributed by atoms with Gasteiger partial charge < -0.3 is 10.0 Å². The number of aromatic nitrogens is 3. The van der Waals surface area contributed by atoms with Crippen molar-refractivity contribution in [2.75, 3.05) is 11.4 Å². The van der Waals surface area contributed by atoms with Crippen LogP contribution < -0.4 is 9.62 Å². The third kappa shape index (κ3) is 4.84. The van der Waals surface area contributed by atoms with Crippen LogP contribution in [0.3, 0.4) is 0 Å². The minimum Gasteiger partial charge on any atom is -0.393 e. The van der Waals surface area contributed by atoms with Crippen LogP contribution in [-0.2, 0) is 10.0 Å². The molecule has 0 spiro atoms. The first-order chi connectivity index (χ1) is 19.2. The van der Waals surface area contributed by atoms with Crippen molar-refractivity contribution in [1.29, 1.82) is 0 Å². The number of sulfonamides is 1. The van der Waals surface area contributed by atoms with E-state index in [1.54, 1.807) is 29.3 Å². The highest BCUT2D eigenvalue weighted by molar-refractivity contribution is 7.90. The molecule has 1 aromatic carbocycles. The van der Waals surface area contributed by atoms with Crippen molar-refractivity contribution < 1.29 is 27.1 Å². The molecule has 4 aromatic rings. The number of rotatable bonds is 6. The fourth-order valence-corrected chi connectivity index (χ4v) is 6.23. The van der Waals surface area contributed by atoms with Gasteiger partial charge >= 0.3 is 0 Å². The number of aliphatic hydroxyl groups excluding tert-OH is 1. The zero-order valence-corrected chi connectivity index (χ0v) is 22.0. The average molecular weight is 566 g/mol. The zero-order chi connectivity index (χ0) is 28.0. The van der Waals surface area contributed by atoms with Crippen molar-refractivity contribution in [2.24, 2.45) is 0 Å². The number of pyridine rings is 2. The summed E-state index contributed by atoms with van der Waals surface area (Å²) in [6.07, 6.45) is 8.15. The molecule has 2 atom stereocenters. The highest BCUT2D eigenvalue weighted by Crippen LogP contribution is 2.34. The predicted octanol–water partition coefficient (Wildman–Crippen LogP) is 4.01. The summed E-state index contributed by atoms with van der Waals surface area (Å²) in [5.41, 5.74) is 2.28. The van der Waals surface area contributed by atoms with E-state index in [0.717, 1.165) is 24.6 Å². The molecule has 1 aliphatic heterocycles. The van der Waals surface area contributed by atoms with Gasteiger partial charge in [0.05, 0.1) is 18.0 Å². The third-order valence-electron chi connectivity index (χ3n) is 7.34. The Kier molecular flexibility index (Phi) is 6.59. The number of amides is 1. The van der Waals surface area contributed by atoms with E-state index >= 15 is 0 Å². The quantitative estimate of drug-likeness (QED) is 0.363. The average Bonchev–Trinajstić information content (AvgIpc) is 3.69. The molecule has 1 fully saturated rings. The minimum absolute atomic E-state index is 0.0217. The summed E-state index contributed by atoms with van der Waals surface area (Å²) in [6, 6.07) is 9.66. The lowest BCUT2D eigenvalue weighted by Crippen LogP contribution is -2.31. The number of carbonyl (C=O) groups is 1. The van der Waals surface area contributed by atoms with Crippen molar-refractivity contribution in [3.8, 4) is 0 Å². The summed E-state index contributed by atoms with van der Waals surface area (Å²) >= 11 is 0. The highest BCUT2D eigenvalue weighted by atomic mass is 32.2. The molecule has 3 aromatic heterocycles. The van der Waals surface area contributed by atoms with E-state index in [0.29, 0.717) is 48.5 Å². The molecule has 1 aliphatic carbocycles. The van der Waals surface area contributed by atoms with E-state index in [1.165, 1.54) is 22.9 Å². The van der Waals surface area contributed by atoms with Gasteiger partial charge in [0.25, 0.3) is 15.9 Å². The maximum Gasteiger partial charge on any atom is 0.283 e. The monoisotopic (exact) mass is 565 g/mol. The van der Waals surface area contributed by atoms with Gasteiger partial charge in [0.15, 0.2) is 0 Å². The first-order valence-corrected chi connectivity index (χ1v) is 14.3. The molecule has 4 heterocycles. The predicted molar refractivity (Wildman–Crippen MR) is 143 cm³/mol. The number of nitrogens with one attached hydrogen (secondary N) is 1. The van der Waals surface area contributed by atoms with Crippen LogP contribution in [0, 0.1) is 11.6 Å². The second-order valence-electron chi connectivity index (χ2n) is 9.93. The smallest absolute Gasteiger partial charge is 0.283 e. The largest absolute Gasteiger partial charge is 0.393 e. The fraction of sp³-hybridized carbons (Fsp3) is 0.250. The van der Waals surface area contributed by atoms with E-state index in [9.17, 15) is 27.1 Å². The van der Waals surface area contributed by atoms with Crippen molar-refractivity contribution in [3.05, 3.63) is 95.7 Å². The second kappa shape index (κ2) is 10.1. The molecule has 206 valence electrons. The molecule has 9 nitrogen and oxygen atoms in total. The summed E-state index contributed by atoms with van der Waals surface area (Å²) in [6.45, 7) is 0.504. The summed E-state index contributed by atoms with van der Waals surface area (Å²) < 4.78 is 57.9. The third-order valence-corrected chi connectivity index (χ3v) is 8.66. The van der Waals surface area contributed by atoms with E-state index in [4.69, 9.17) is 0 Å². The lowest BCUT2D eigenvalue weighted by molar-refractivity contribution is 0.0975. The van der Waals surface area contributed by atoms with Crippen LogP contribution in [0.1, 0.15) is 53.3 Å². The lowest BCUT2D eigenvalue weighted by atomic mass is 10.0. The van der Waals surface area contributed by atoms with Gasteiger partial charge in [-0.1, -0.05) is 6.08 Å². The zero-order valence-electron chi connectivity index (χ0n) is 21.2. The molecule has 40 heavy (non-hydrogen) atoms. The molecule has 0 radical (unpaired) electrons. The van der Waals surface area contributed by atoms with Crippen molar-refractivity contribution >= 4 is 33.0 Å². The molecule has 1 amide bonds. The summed E-state index contributed by atoms with van der Waals surface area (Å²) in [4.78, 5) is 23.2. The van der Waals surface area contributed by atoms with Gasteiger partial charge in [0.1, 0.15) is 27.9 Å². The van der Waals surface area contributed by atoms with Crippen LogP contribution in [0.25, 0.3) is 11.3 Å². The number of fused-ring (bicyclic) bond motifs is 1. The molecular weight excluding hydrogens is 540 g/mol. The first-order valence-electron chi connectivity index (χ1n) is 12.8. The van der Waals surface area contributed by atoms with Crippen LogP contribution in [0.4, 0.5) is 14.5 Å². The Labute approximate surface area is 228 Å². The van der Waals surface area contributed by atoms with Gasteiger partial charge in [0, 0.05) is 41.8 Å². The summed E-state index contributed by atoms with van der Waals surface area (Å²) in [5.74, 6) is -1.94. The molecule has 6 rings (SSSR count). The summed E-state index contributed by atoms with van der Waals surface area (Å²) in [7, 11) is -4.23. The number of aliphatic hydroxyl groups is 1. The molecule has 1 saturated carbocycles.